The summed E-state index contributed by atoms with van der Waals surface area (Å²) in [6.45, 7) is 2.60. The Labute approximate surface area is 202 Å². The van der Waals surface area contributed by atoms with E-state index in [0.29, 0.717) is 39.5 Å². The molecule has 35 heavy (non-hydrogen) atoms. The lowest BCUT2D eigenvalue weighted by Crippen LogP contribution is -2.49. The van der Waals surface area contributed by atoms with Crippen molar-refractivity contribution in [2.75, 3.05) is 60.7 Å². The quantitative estimate of drug-likeness (QED) is 0.364. The monoisotopic (exact) mass is 500 g/mol. The van der Waals surface area contributed by atoms with E-state index in [0.717, 1.165) is 25.7 Å². The van der Waals surface area contributed by atoms with E-state index < -0.39 is 18.1 Å². The molecule has 0 unspecified atom stereocenters. The molecular weight excluding hydrogens is 468 g/mol. The molecule has 2 N–H and O–H groups in total. The zero-order valence-corrected chi connectivity index (χ0v) is 20.1. The van der Waals surface area contributed by atoms with Crippen molar-refractivity contribution < 1.29 is 43.1 Å². The maximum Gasteiger partial charge on any atom is 0.433 e. The van der Waals surface area contributed by atoms with E-state index in [9.17, 15) is 19.2 Å². The highest BCUT2D eigenvalue weighted by Gasteiger charge is 2.34. The number of amides is 4. The molecule has 3 rings (SSSR count). The molecule has 0 bridgehead atoms. The van der Waals surface area contributed by atoms with Crippen LogP contribution < -0.4 is 10.6 Å². The zero-order valence-electron chi connectivity index (χ0n) is 20.1. The zero-order chi connectivity index (χ0) is 25.6. The highest BCUT2D eigenvalue weighted by molar-refractivity contribution is 6.35. The first-order valence-corrected chi connectivity index (χ1v) is 11.2. The maximum absolute atomic E-state index is 12.1. The van der Waals surface area contributed by atoms with Crippen molar-refractivity contribution in [3.63, 3.8) is 0 Å². The summed E-state index contributed by atoms with van der Waals surface area (Å²) < 4.78 is 15.0. The summed E-state index contributed by atoms with van der Waals surface area (Å²) in [6.07, 6.45) is 2.86. The van der Waals surface area contributed by atoms with Gasteiger partial charge in [0, 0.05) is 33.8 Å². The Balaban J connectivity index is 0.000000247. The standard InChI is InChI=1S/C11H17N3O4.C9H15N3O5/c1-12-11(16)18-13-9-10(15)14(6-7-17-9)8-4-2-3-5-8;1-10-9(14)17-11-7-8(13)12(3-5-15-2)4-6-16-7/h8H,2-7H2,1H3,(H,12,16);3-6H2,1-2H3,(H,10,14). The number of nitrogens with one attached hydrogen (secondary N) is 2. The van der Waals surface area contributed by atoms with Crippen LogP contribution in [0.15, 0.2) is 10.3 Å². The largest absolute Gasteiger partial charge is 0.470 e. The topological polar surface area (TPSA) is 170 Å². The summed E-state index contributed by atoms with van der Waals surface area (Å²) in [4.78, 5) is 57.6. The second-order valence-electron chi connectivity index (χ2n) is 7.47. The van der Waals surface area contributed by atoms with E-state index in [-0.39, 0.29) is 23.7 Å². The van der Waals surface area contributed by atoms with Gasteiger partial charge < -0.3 is 34.6 Å². The van der Waals surface area contributed by atoms with Crippen LogP contribution in [0, 0.1) is 0 Å². The van der Waals surface area contributed by atoms with E-state index in [4.69, 9.17) is 14.2 Å². The van der Waals surface area contributed by atoms with Crippen LogP contribution in [0.25, 0.3) is 0 Å². The van der Waals surface area contributed by atoms with Crippen molar-refractivity contribution in [1.82, 2.24) is 20.4 Å². The normalized spacial score (nSPS) is 20.5. The van der Waals surface area contributed by atoms with Gasteiger partial charge in [-0.05, 0) is 23.2 Å². The van der Waals surface area contributed by atoms with Gasteiger partial charge in [0.15, 0.2) is 0 Å². The minimum atomic E-state index is -0.761. The van der Waals surface area contributed by atoms with Gasteiger partial charge in [-0.1, -0.05) is 12.8 Å². The van der Waals surface area contributed by atoms with Gasteiger partial charge in [0.05, 0.1) is 19.7 Å². The molecule has 2 heterocycles. The summed E-state index contributed by atoms with van der Waals surface area (Å²) >= 11 is 0. The van der Waals surface area contributed by atoms with E-state index in [2.05, 4.69) is 30.6 Å². The Hall–Kier alpha value is -3.62. The average Bonchev–Trinajstić information content (AvgIpc) is 3.41. The fourth-order valence-corrected chi connectivity index (χ4v) is 3.44. The number of morpholine rings is 2. The predicted octanol–water partition coefficient (Wildman–Crippen LogP) is -0.382. The first-order valence-electron chi connectivity index (χ1n) is 11.2. The molecule has 0 atom stereocenters. The van der Waals surface area contributed by atoms with Crippen LogP contribution >= 0.6 is 0 Å². The van der Waals surface area contributed by atoms with E-state index in [1.165, 1.54) is 19.0 Å². The molecule has 1 aliphatic carbocycles. The van der Waals surface area contributed by atoms with E-state index >= 15 is 0 Å². The SMILES string of the molecule is CNC(=O)ON=C1OCCN(C2CCCC2)C1=O.CNC(=O)ON=C1OCCN(CCOC)C1=O. The molecule has 15 nitrogen and oxygen atoms in total. The van der Waals surface area contributed by atoms with Gasteiger partial charge in [0.25, 0.3) is 0 Å². The average molecular weight is 501 g/mol. The molecule has 1 saturated carbocycles. The van der Waals surface area contributed by atoms with Crippen LogP contribution in [0.5, 0.6) is 0 Å². The molecule has 0 aromatic rings. The van der Waals surface area contributed by atoms with Gasteiger partial charge in [-0.15, -0.1) is 0 Å². The van der Waals surface area contributed by atoms with E-state index in [1.54, 1.807) is 12.0 Å². The van der Waals surface area contributed by atoms with Crippen LogP contribution in [-0.4, -0.2) is 112 Å². The number of hydrogen-bond donors (Lipinski definition) is 2. The molecule has 0 aromatic heterocycles. The molecule has 0 aromatic carbocycles. The summed E-state index contributed by atoms with van der Waals surface area (Å²) in [7, 11) is 4.35. The van der Waals surface area contributed by atoms with Gasteiger partial charge in [-0.2, -0.15) is 0 Å². The van der Waals surface area contributed by atoms with Gasteiger partial charge in [-0.3, -0.25) is 19.3 Å². The lowest BCUT2D eigenvalue weighted by Gasteiger charge is -2.32. The van der Waals surface area contributed by atoms with Crippen molar-refractivity contribution in [1.29, 1.82) is 0 Å². The van der Waals surface area contributed by atoms with Gasteiger partial charge in [-0.25, -0.2) is 9.59 Å². The number of carbonyl (C=O) groups excluding carboxylic acids is 4. The first-order chi connectivity index (χ1) is 16.9. The molecule has 2 saturated heterocycles. The number of rotatable bonds is 6. The van der Waals surface area contributed by atoms with Crippen LogP contribution in [0.4, 0.5) is 9.59 Å². The lowest BCUT2D eigenvalue weighted by molar-refractivity contribution is -0.131. The first kappa shape index (κ1) is 27.6. The number of nitrogens with zero attached hydrogens (tertiary/aromatic N) is 4. The third-order valence-electron chi connectivity index (χ3n) is 5.25. The maximum atomic E-state index is 12.1. The number of ether oxygens (including phenoxy) is 3. The summed E-state index contributed by atoms with van der Waals surface area (Å²) in [5.41, 5.74) is 0. The highest BCUT2D eigenvalue weighted by Crippen LogP contribution is 2.24. The number of hydrogen-bond acceptors (Lipinski definition) is 11. The predicted molar refractivity (Wildman–Crippen MR) is 120 cm³/mol. The van der Waals surface area contributed by atoms with Crippen LogP contribution in [0.3, 0.4) is 0 Å². The third kappa shape index (κ3) is 8.59. The Bertz CT molecular complexity index is 813. The smallest absolute Gasteiger partial charge is 0.433 e. The summed E-state index contributed by atoms with van der Waals surface area (Å²) in [5, 5.41) is 11.2. The minimum absolute atomic E-state index is 0.142. The minimum Gasteiger partial charge on any atom is -0.470 e. The molecule has 0 spiro atoms. The van der Waals surface area contributed by atoms with Crippen molar-refractivity contribution in [3.05, 3.63) is 0 Å². The van der Waals surface area contributed by atoms with Crippen molar-refractivity contribution in [3.8, 4) is 0 Å². The molecule has 15 heteroatoms. The molecule has 196 valence electrons. The summed E-state index contributed by atoms with van der Waals surface area (Å²) in [5.74, 6) is -1.08. The van der Waals surface area contributed by atoms with Crippen molar-refractivity contribution in [2.45, 2.75) is 31.7 Å². The second kappa shape index (κ2) is 14.6. The van der Waals surface area contributed by atoms with Gasteiger partial charge in [0.2, 0.25) is 0 Å². The number of carbonyl (C=O) groups is 4. The second-order valence-corrected chi connectivity index (χ2v) is 7.47. The summed E-state index contributed by atoms with van der Waals surface area (Å²) in [6, 6.07) is 0.270. The molecule has 3 fully saturated rings. The molecule has 2 aliphatic heterocycles. The molecule has 3 aliphatic rings. The molecular formula is C20H32N6O9. The van der Waals surface area contributed by atoms with Crippen LogP contribution in [0.2, 0.25) is 0 Å². The lowest BCUT2D eigenvalue weighted by atomic mass is 10.2. The van der Waals surface area contributed by atoms with Gasteiger partial charge >= 0.3 is 35.8 Å². The fourth-order valence-electron chi connectivity index (χ4n) is 3.44. The van der Waals surface area contributed by atoms with Gasteiger partial charge in [0.1, 0.15) is 13.2 Å². The van der Waals surface area contributed by atoms with Crippen molar-refractivity contribution in [2.24, 2.45) is 10.3 Å². The fraction of sp³-hybridized carbons (Fsp3) is 0.700. The molecule has 4 amide bonds. The third-order valence-corrected chi connectivity index (χ3v) is 5.25. The number of oxime groups is 2. The number of methoxy groups -OCH3 is 1. The van der Waals surface area contributed by atoms with Crippen molar-refractivity contribution >= 4 is 35.8 Å². The Kier molecular flexibility index (Phi) is 11.5. The molecule has 0 radical (unpaired) electrons. The Morgan fingerprint density at radius 3 is 2.03 bits per heavy atom. The highest BCUT2D eigenvalue weighted by atomic mass is 16.7. The van der Waals surface area contributed by atoms with E-state index in [1.807, 2.05) is 0 Å². The Morgan fingerprint density at radius 1 is 0.943 bits per heavy atom. The van der Waals surface area contributed by atoms with Crippen LogP contribution in [-0.2, 0) is 33.5 Å². The van der Waals surface area contributed by atoms with Crippen LogP contribution in [0.1, 0.15) is 25.7 Å². The Morgan fingerprint density at radius 2 is 1.49 bits per heavy atom.